The van der Waals surface area contributed by atoms with Crippen molar-refractivity contribution < 1.29 is 4.55 Å². The summed E-state index contributed by atoms with van der Waals surface area (Å²) < 4.78 is 17.1. The van der Waals surface area contributed by atoms with E-state index in [0.29, 0.717) is 5.56 Å². The van der Waals surface area contributed by atoms with E-state index >= 15 is 0 Å². The molecule has 2 heterocycles. The van der Waals surface area contributed by atoms with Crippen LogP contribution in [0.15, 0.2) is 29.2 Å². The number of nitrogens with one attached hydrogen (secondary N) is 2. The molecule has 3 aromatic rings. The van der Waals surface area contributed by atoms with E-state index < -0.39 is 11.4 Å². The van der Waals surface area contributed by atoms with Crippen LogP contribution >= 0.6 is 0 Å². The first-order valence-electron chi connectivity index (χ1n) is 8.73. The minimum atomic E-state index is -1.20. The molecule has 0 saturated heterocycles. The molecule has 26 heavy (non-hydrogen) atoms. The minimum Gasteiger partial charge on any atom is -0.593 e. The summed E-state index contributed by atoms with van der Waals surface area (Å²) in [6.07, 6.45) is 5.86. The largest absolute Gasteiger partial charge is 0.593 e. The van der Waals surface area contributed by atoms with Crippen molar-refractivity contribution in [3.05, 3.63) is 46.1 Å². The summed E-state index contributed by atoms with van der Waals surface area (Å²) >= 11 is -1.20. The van der Waals surface area contributed by atoms with Gasteiger partial charge >= 0.3 is 0 Å². The van der Waals surface area contributed by atoms with Crippen LogP contribution in [0, 0.1) is 19.8 Å². The minimum absolute atomic E-state index is 0.0857. The van der Waals surface area contributed by atoms with Crippen LogP contribution in [0.5, 0.6) is 0 Å². The van der Waals surface area contributed by atoms with Crippen molar-refractivity contribution in [2.24, 2.45) is 5.92 Å². The Balaban J connectivity index is 1.91. The normalized spacial score (nSPS) is 15.4. The second-order valence-corrected chi connectivity index (χ2v) is 8.17. The molecule has 1 aliphatic rings. The van der Waals surface area contributed by atoms with Gasteiger partial charge in [-0.05, 0) is 61.9 Å². The lowest BCUT2D eigenvalue weighted by Crippen LogP contribution is -2.11. The van der Waals surface area contributed by atoms with Crippen molar-refractivity contribution in [3.63, 3.8) is 0 Å². The summed E-state index contributed by atoms with van der Waals surface area (Å²) in [4.78, 5) is 19.2. The van der Waals surface area contributed by atoms with E-state index in [0.717, 1.165) is 46.1 Å². The van der Waals surface area contributed by atoms with Gasteiger partial charge in [0.05, 0.1) is 16.9 Å². The van der Waals surface area contributed by atoms with Crippen LogP contribution in [0.3, 0.4) is 0 Å². The Morgan fingerprint density at radius 2 is 2.08 bits per heavy atom. The molecule has 2 aromatic heterocycles. The number of rotatable bonds is 5. The fraction of sp³-hybridized carbons (Fsp3) is 0.368. The first-order chi connectivity index (χ1) is 12.4. The molecule has 1 aliphatic carbocycles. The summed E-state index contributed by atoms with van der Waals surface area (Å²) in [5.41, 5.74) is 5.08. The summed E-state index contributed by atoms with van der Waals surface area (Å²) in [6, 6.07) is 5.93. The van der Waals surface area contributed by atoms with Gasteiger partial charge in [0, 0.05) is 18.3 Å². The monoisotopic (exact) mass is 370 g/mol. The van der Waals surface area contributed by atoms with Gasteiger partial charge in [-0.2, -0.15) is 0 Å². The van der Waals surface area contributed by atoms with Gasteiger partial charge < -0.3 is 14.1 Å². The molecule has 136 valence electrons. The first-order valence-corrected chi connectivity index (χ1v) is 10.3. The second-order valence-electron chi connectivity index (χ2n) is 7.06. The number of hydrogen-bond acceptors (Lipinski definition) is 4. The SMILES string of the molecule is Cc1cc(-c2cc(N[S@+](C)[O-])c3nc(C)n(CC4CC4)c3c2)c[nH]c1=O. The molecule has 6 nitrogen and oxygen atoms in total. The summed E-state index contributed by atoms with van der Waals surface area (Å²) in [5, 5.41) is 0. The lowest BCUT2D eigenvalue weighted by molar-refractivity contribution is 0.606. The zero-order valence-electron chi connectivity index (χ0n) is 15.1. The number of anilines is 1. The number of benzene rings is 1. The molecule has 0 aliphatic heterocycles. The molecule has 0 bridgehead atoms. The maximum absolute atomic E-state index is 11.8. The van der Waals surface area contributed by atoms with Crippen molar-refractivity contribution in [1.29, 1.82) is 0 Å². The Morgan fingerprint density at radius 1 is 1.31 bits per heavy atom. The fourth-order valence-corrected chi connectivity index (χ4v) is 3.76. The molecule has 4 rings (SSSR count). The molecule has 0 unspecified atom stereocenters. The highest BCUT2D eigenvalue weighted by molar-refractivity contribution is 7.92. The molecule has 1 fully saturated rings. The molecule has 7 heteroatoms. The predicted octanol–water partition coefficient (Wildman–Crippen LogP) is 3.12. The molecular weight excluding hydrogens is 348 g/mol. The third-order valence-corrected chi connectivity index (χ3v) is 5.37. The van der Waals surface area contributed by atoms with Crippen molar-refractivity contribution in [2.45, 2.75) is 33.2 Å². The van der Waals surface area contributed by atoms with Gasteiger partial charge in [-0.25, -0.2) is 9.71 Å². The topological polar surface area (TPSA) is 85.8 Å². The highest BCUT2D eigenvalue weighted by Crippen LogP contribution is 2.35. The lowest BCUT2D eigenvalue weighted by atomic mass is 10.0. The highest BCUT2D eigenvalue weighted by Gasteiger charge is 2.24. The number of pyridine rings is 1. The molecule has 1 aromatic carbocycles. The number of aromatic nitrogens is 3. The average molecular weight is 370 g/mol. The number of hydrogen-bond donors (Lipinski definition) is 2. The highest BCUT2D eigenvalue weighted by atomic mass is 32.2. The lowest BCUT2D eigenvalue weighted by Gasteiger charge is -2.12. The number of fused-ring (bicyclic) bond motifs is 1. The van der Waals surface area contributed by atoms with Gasteiger partial charge in [-0.15, -0.1) is 0 Å². The third kappa shape index (κ3) is 3.24. The Bertz CT molecular complexity index is 1030. The van der Waals surface area contributed by atoms with Gasteiger partial charge in [0.25, 0.3) is 5.56 Å². The number of aryl methyl sites for hydroxylation is 2. The predicted molar refractivity (Wildman–Crippen MR) is 106 cm³/mol. The molecule has 2 N–H and O–H groups in total. The van der Waals surface area contributed by atoms with E-state index in [2.05, 4.69) is 20.3 Å². The van der Waals surface area contributed by atoms with Crippen LogP contribution < -0.4 is 10.3 Å². The van der Waals surface area contributed by atoms with E-state index in [4.69, 9.17) is 4.98 Å². The molecule has 0 spiro atoms. The van der Waals surface area contributed by atoms with Crippen molar-refractivity contribution in [2.75, 3.05) is 11.0 Å². The van der Waals surface area contributed by atoms with Crippen LogP contribution in [0.1, 0.15) is 24.2 Å². The van der Waals surface area contributed by atoms with Gasteiger partial charge in [0.2, 0.25) is 0 Å². The maximum atomic E-state index is 11.8. The van der Waals surface area contributed by atoms with E-state index in [-0.39, 0.29) is 5.56 Å². The summed E-state index contributed by atoms with van der Waals surface area (Å²) in [6.45, 7) is 4.77. The van der Waals surface area contributed by atoms with E-state index in [9.17, 15) is 9.35 Å². The smallest absolute Gasteiger partial charge is 0.250 e. The van der Waals surface area contributed by atoms with Gasteiger partial charge in [-0.1, -0.05) is 0 Å². The molecule has 1 saturated carbocycles. The molecule has 0 radical (unpaired) electrons. The fourth-order valence-electron chi connectivity index (χ4n) is 3.29. The Kier molecular flexibility index (Phi) is 4.28. The third-order valence-electron chi connectivity index (χ3n) is 4.86. The Labute approximate surface area is 155 Å². The van der Waals surface area contributed by atoms with Gasteiger partial charge in [0.15, 0.2) is 0 Å². The second kappa shape index (κ2) is 6.48. The molecular formula is C19H22N4O2S. The Hall–Kier alpha value is -2.25. The molecule has 1 atom stereocenters. The van der Waals surface area contributed by atoms with Crippen molar-refractivity contribution in [1.82, 2.24) is 14.5 Å². The number of imidazole rings is 1. The molecule has 0 amide bonds. The van der Waals surface area contributed by atoms with Crippen molar-refractivity contribution in [3.8, 4) is 11.1 Å². The van der Waals surface area contributed by atoms with E-state index in [1.54, 1.807) is 19.4 Å². The average Bonchev–Trinajstić information content (AvgIpc) is 3.34. The van der Waals surface area contributed by atoms with E-state index in [1.807, 2.05) is 19.1 Å². The van der Waals surface area contributed by atoms with E-state index in [1.165, 1.54) is 12.8 Å². The van der Waals surface area contributed by atoms with Crippen LogP contribution in [-0.2, 0) is 17.9 Å². The first kappa shape index (κ1) is 17.2. The zero-order chi connectivity index (χ0) is 18.4. The summed E-state index contributed by atoms with van der Waals surface area (Å²) in [7, 11) is 0. The van der Waals surface area contributed by atoms with Gasteiger partial charge in [0.1, 0.15) is 23.3 Å². The quantitative estimate of drug-likeness (QED) is 0.676. The van der Waals surface area contributed by atoms with Crippen LogP contribution in [0.25, 0.3) is 22.2 Å². The summed E-state index contributed by atoms with van der Waals surface area (Å²) in [5.74, 6) is 1.69. The van der Waals surface area contributed by atoms with Crippen LogP contribution in [-0.4, -0.2) is 25.3 Å². The standard InChI is InChI=1S/C19H22N4O2S/c1-11-6-15(9-20-19(11)24)14-7-16(22-26(3)25)18-17(8-14)23(12(2)21-18)10-13-4-5-13/h6-9,13,22H,4-5,10H2,1-3H3,(H,20,24)/t26-/m0/s1. The van der Waals surface area contributed by atoms with Crippen LogP contribution in [0.4, 0.5) is 5.69 Å². The van der Waals surface area contributed by atoms with Crippen LogP contribution in [0.2, 0.25) is 0 Å². The zero-order valence-corrected chi connectivity index (χ0v) is 15.9. The van der Waals surface area contributed by atoms with Gasteiger partial charge in [-0.3, -0.25) is 4.79 Å². The number of H-pyrrole nitrogens is 1. The Morgan fingerprint density at radius 3 is 2.73 bits per heavy atom. The maximum Gasteiger partial charge on any atom is 0.250 e. The van der Waals surface area contributed by atoms with Crippen molar-refractivity contribution >= 4 is 28.1 Å². The number of nitrogens with zero attached hydrogens (tertiary/aromatic N) is 2. The number of aromatic amines is 1.